The molecule has 0 saturated carbocycles. The number of pyridine rings is 1. The third-order valence-corrected chi connectivity index (χ3v) is 8.75. The molecule has 0 atom stereocenters. The summed E-state index contributed by atoms with van der Waals surface area (Å²) in [5.41, 5.74) is 8.44. The second-order valence-corrected chi connectivity index (χ2v) is 11.7. The van der Waals surface area contributed by atoms with Gasteiger partial charge in [-0.25, -0.2) is 13.4 Å². The van der Waals surface area contributed by atoms with Crippen molar-refractivity contribution in [1.29, 1.82) is 0 Å². The third-order valence-electron chi connectivity index (χ3n) is 6.61. The van der Waals surface area contributed by atoms with Crippen LogP contribution in [0.4, 0.5) is 11.4 Å². The first kappa shape index (κ1) is 29.0. The predicted octanol–water partition coefficient (Wildman–Crippen LogP) is 3.77. The van der Waals surface area contributed by atoms with Gasteiger partial charge in [0.1, 0.15) is 4.90 Å². The van der Waals surface area contributed by atoms with E-state index in [-0.39, 0.29) is 42.0 Å². The third kappa shape index (κ3) is 6.21. The number of rotatable bonds is 7. The van der Waals surface area contributed by atoms with Gasteiger partial charge in [0.15, 0.2) is 5.11 Å². The Labute approximate surface area is 246 Å². The number of non-ortho nitro benzene ring substituents is 1. The molecule has 0 unspecified atom stereocenters. The monoisotopic (exact) mass is 606 g/mol. The van der Waals surface area contributed by atoms with E-state index in [4.69, 9.17) is 21.9 Å². The van der Waals surface area contributed by atoms with Crippen LogP contribution in [0.5, 0.6) is 0 Å². The van der Waals surface area contributed by atoms with Gasteiger partial charge in [-0.15, -0.1) is 0 Å². The van der Waals surface area contributed by atoms with Gasteiger partial charge in [-0.3, -0.25) is 31.1 Å². The van der Waals surface area contributed by atoms with E-state index in [0.29, 0.717) is 22.2 Å². The van der Waals surface area contributed by atoms with Crippen LogP contribution in [0.3, 0.4) is 0 Å². The molecule has 1 saturated heterocycles. The maximum Gasteiger partial charge on any atom is 0.270 e. The molecule has 1 amide bonds. The van der Waals surface area contributed by atoms with Gasteiger partial charge < -0.3 is 4.74 Å². The predicted molar refractivity (Wildman–Crippen MR) is 161 cm³/mol. The number of nitrogens with one attached hydrogen (secondary N) is 3. The Balaban J connectivity index is 1.37. The van der Waals surface area contributed by atoms with Crippen molar-refractivity contribution in [1.82, 2.24) is 20.0 Å². The van der Waals surface area contributed by atoms with E-state index in [1.807, 2.05) is 43.3 Å². The van der Waals surface area contributed by atoms with Crippen molar-refractivity contribution in [2.75, 3.05) is 31.7 Å². The average Bonchev–Trinajstić information content (AvgIpc) is 3.00. The van der Waals surface area contributed by atoms with Crippen LogP contribution in [0, 0.1) is 17.0 Å². The zero-order chi connectivity index (χ0) is 29.9. The van der Waals surface area contributed by atoms with Crippen molar-refractivity contribution in [2.45, 2.75) is 11.8 Å². The summed E-state index contributed by atoms with van der Waals surface area (Å²) < 4.78 is 33.1. The maximum atomic E-state index is 13.4. The Morgan fingerprint density at radius 2 is 1.76 bits per heavy atom. The van der Waals surface area contributed by atoms with Gasteiger partial charge in [-0.05, 0) is 37.3 Å². The number of ether oxygens (including phenoxy) is 1. The van der Waals surface area contributed by atoms with E-state index in [0.717, 1.165) is 17.2 Å². The smallest absolute Gasteiger partial charge is 0.270 e. The summed E-state index contributed by atoms with van der Waals surface area (Å²) in [6, 6.07) is 20.1. The van der Waals surface area contributed by atoms with Crippen LogP contribution in [0.15, 0.2) is 77.7 Å². The molecule has 12 nitrogen and oxygen atoms in total. The van der Waals surface area contributed by atoms with Crippen molar-refractivity contribution in [3.05, 3.63) is 94.0 Å². The van der Waals surface area contributed by atoms with Crippen molar-refractivity contribution in [2.24, 2.45) is 0 Å². The number of nitro groups is 1. The topological polar surface area (TPSA) is 156 Å². The number of nitrogens with zero attached hydrogens (tertiary/aromatic N) is 3. The molecule has 0 aliphatic carbocycles. The number of nitro benzene ring substituents is 1. The number of benzene rings is 3. The van der Waals surface area contributed by atoms with Gasteiger partial charge in [-0.1, -0.05) is 48.0 Å². The molecule has 1 fully saturated rings. The van der Waals surface area contributed by atoms with Crippen LogP contribution < -0.4 is 16.2 Å². The Hall–Kier alpha value is -4.50. The maximum absolute atomic E-state index is 13.4. The lowest BCUT2D eigenvalue weighted by Crippen LogP contribution is -2.43. The number of hydrogen-bond donors (Lipinski definition) is 3. The molecular weight excluding hydrogens is 580 g/mol. The summed E-state index contributed by atoms with van der Waals surface area (Å²) in [5, 5.41) is 14.5. The molecule has 0 spiro atoms. The highest BCUT2D eigenvalue weighted by Gasteiger charge is 2.30. The minimum Gasteiger partial charge on any atom is -0.379 e. The van der Waals surface area contributed by atoms with Gasteiger partial charge in [-0.2, -0.15) is 4.31 Å². The van der Waals surface area contributed by atoms with Gasteiger partial charge in [0.2, 0.25) is 10.0 Å². The molecular formula is C28H26N6O6S2. The second kappa shape index (κ2) is 12.2. The molecule has 1 aromatic heterocycles. The number of aromatic nitrogens is 1. The van der Waals surface area contributed by atoms with E-state index in [2.05, 4.69) is 16.2 Å². The molecule has 42 heavy (non-hydrogen) atoms. The molecule has 0 bridgehead atoms. The highest BCUT2D eigenvalue weighted by molar-refractivity contribution is 7.89. The molecule has 3 N–H and O–H groups in total. The Morgan fingerprint density at radius 1 is 1.05 bits per heavy atom. The molecule has 0 radical (unpaired) electrons. The molecule has 2 heterocycles. The van der Waals surface area contributed by atoms with Crippen molar-refractivity contribution < 1.29 is 22.9 Å². The first-order valence-electron chi connectivity index (χ1n) is 12.8. The number of para-hydroxylation sites is 1. The fourth-order valence-electron chi connectivity index (χ4n) is 4.43. The number of hydrazine groups is 1. The Kier molecular flexibility index (Phi) is 8.40. The fourth-order valence-corrected chi connectivity index (χ4v) is 6.15. The number of fused-ring (bicyclic) bond motifs is 1. The zero-order valence-corrected chi connectivity index (χ0v) is 24.0. The first-order valence-corrected chi connectivity index (χ1v) is 14.7. The van der Waals surface area contributed by atoms with Crippen molar-refractivity contribution >= 4 is 55.5 Å². The minimum absolute atomic E-state index is 0.0136. The second-order valence-electron chi connectivity index (χ2n) is 9.43. The number of sulfonamides is 1. The normalized spacial score (nSPS) is 13.8. The summed E-state index contributed by atoms with van der Waals surface area (Å²) in [6.07, 6.45) is 0. The number of amides is 1. The Bertz CT molecular complexity index is 1790. The van der Waals surface area contributed by atoms with Crippen LogP contribution in [-0.4, -0.2) is 60.0 Å². The highest BCUT2D eigenvalue weighted by atomic mass is 32.2. The number of anilines is 1. The molecule has 4 aromatic rings. The Morgan fingerprint density at radius 3 is 2.48 bits per heavy atom. The number of aryl methyl sites for hydroxylation is 1. The quantitative estimate of drug-likeness (QED) is 0.161. The van der Waals surface area contributed by atoms with E-state index in [1.54, 1.807) is 18.2 Å². The van der Waals surface area contributed by atoms with Gasteiger partial charge >= 0.3 is 0 Å². The lowest BCUT2D eigenvalue weighted by Gasteiger charge is -2.27. The van der Waals surface area contributed by atoms with Crippen LogP contribution in [0.25, 0.3) is 22.2 Å². The number of morpholine rings is 1. The average molecular weight is 607 g/mol. The summed E-state index contributed by atoms with van der Waals surface area (Å²) in [6.45, 7) is 2.62. The number of hydrogen-bond acceptors (Lipinski definition) is 9. The molecule has 14 heteroatoms. The number of thiocarbonyl (C=S) groups is 1. The molecule has 216 valence electrons. The first-order chi connectivity index (χ1) is 20.1. The van der Waals surface area contributed by atoms with Crippen molar-refractivity contribution in [3.63, 3.8) is 0 Å². The zero-order valence-electron chi connectivity index (χ0n) is 22.4. The van der Waals surface area contributed by atoms with Gasteiger partial charge in [0.25, 0.3) is 11.6 Å². The highest BCUT2D eigenvalue weighted by Crippen LogP contribution is 2.29. The van der Waals surface area contributed by atoms with Crippen LogP contribution in [0.2, 0.25) is 0 Å². The fraction of sp³-hybridized carbons (Fsp3) is 0.179. The van der Waals surface area contributed by atoms with Crippen LogP contribution in [-0.2, 0) is 14.8 Å². The minimum atomic E-state index is -4.11. The summed E-state index contributed by atoms with van der Waals surface area (Å²) in [4.78, 5) is 28.5. The summed E-state index contributed by atoms with van der Waals surface area (Å²) in [5.74, 6) is -0.508. The number of carbonyl (C=O) groups excluding carboxylic acids is 1. The standard InChI is InChI=1S/C28H26N6O6S2/c1-18-6-8-19(9-7-18)25-17-22(21-4-2-3-5-23(21)29-25)27(35)30-28(41)32-31-24-11-10-20(34(36)37)16-26(24)42(38,39)33-12-14-40-15-13-33/h2-11,16-17,31H,12-15H2,1H3,(H2,30,32,35,41). The van der Waals surface area contributed by atoms with Gasteiger partial charge in [0.05, 0.1) is 40.6 Å². The van der Waals surface area contributed by atoms with E-state index in [9.17, 15) is 23.3 Å². The van der Waals surface area contributed by atoms with E-state index in [1.165, 1.54) is 16.4 Å². The lowest BCUT2D eigenvalue weighted by molar-refractivity contribution is -0.385. The van der Waals surface area contributed by atoms with Crippen molar-refractivity contribution in [3.8, 4) is 11.3 Å². The lowest BCUT2D eigenvalue weighted by atomic mass is 10.0. The number of carbonyl (C=O) groups is 1. The van der Waals surface area contributed by atoms with E-state index >= 15 is 0 Å². The summed E-state index contributed by atoms with van der Waals surface area (Å²) >= 11 is 5.32. The largest absolute Gasteiger partial charge is 0.379 e. The SMILES string of the molecule is Cc1ccc(-c2cc(C(=O)NC(=S)NNc3ccc([N+](=O)[O-])cc3S(=O)(=O)N3CCOCC3)c3ccccc3n2)cc1. The molecule has 3 aromatic carbocycles. The molecule has 1 aliphatic rings. The summed E-state index contributed by atoms with van der Waals surface area (Å²) in [7, 11) is -4.11. The van der Waals surface area contributed by atoms with Gasteiger partial charge in [0, 0.05) is 36.2 Å². The van der Waals surface area contributed by atoms with Crippen LogP contribution >= 0.6 is 12.2 Å². The van der Waals surface area contributed by atoms with E-state index < -0.39 is 26.5 Å². The molecule has 5 rings (SSSR count). The van der Waals surface area contributed by atoms with Crippen LogP contribution in [0.1, 0.15) is 15.9 Å². The molecule has 1 aliphatic heterocycles.